The van der Waals surface area contributed by atoms with Gasteiger partial charge in [0.15, 0.2) is 0 Å². The topological polar surface area (TPSA) is 6.48 Å². The Balaban J connectivity index is 0.952. The summed E-state index contributed by atoms with van der Waals surface area (Å²) in [6.07, 6.45) is 4.38. The molecule has 62 heavy (non-hydrogen) atoms. The van der Waals surface area contributed by atoms with Crippen molar-refractivity contribution in [3.63, 3.8) is 0 Å². The first-order valence-electron chi connectivity index (χ1n) is 21.8. The summed E-state index contributed by atoms with van der Waals surface area (Å²) >= 11 is 0. The smallest absolute Gasteiger partial charge is 0.0490 e. The number of benzene rings is 8. The zero-order valence-electron chi connectivity index (χ0n) is 37.5. The van der Waals surface area contributed by atoms with Crippen molar-refractivity contribution in [1.82, 2.24) is 0 Å². The summed E-state index contributed by atoms with van der Waals surface area (Å²) in [4.78, 5) is 4.72. The van der Waals surface area contributed by atoms with Crippen LogP contribution in [0.3, 0.4) is 0 Å². The molecule has 0 spiro atoms. The van der Waals surface area contributed by atoms with Crippen LogP contribution in [0.4, 0.5) is 34.1 Å². The average molecular weight is 807 g/mol. The Labute approximate surface area is 370 Å². The van der Waals surface area contributed by atoms with Gasteiger partial charge in [0.25, 0.3) is 0 Å². The number of anilines is 6. The normalized spacial score (nSPS) is 11.8. The first-order chi connectivity index (χ1) is 29.8. The summed E-state index contributed by atoms with van der Waals surface area (Å²) in [5, 5.41) is 0. The lowest BCUT2D eigenvalue weighted by atomic mass is 9.87. The molecule has 0 aliphatic rings. The van der Waals surface area contributed by atoms with Crippen molar-refractivity contribution in [3.05, 3.63) is 228 Å². The third kappa shape index (κ3) is 9.36. The summed E-state index contributed by atoms with van der Waals surface area (Å²) in [5.74, 6) is 0. The van der Waals surface area contributed by atoms with Crippen LogP contribution in [-0.2, 0) is 10.8 Å². The Hall–Kier alpha value is -6.90. The molecule has 0 heterocycles. The third-order valence-electron chi connectivity index (χ3n) is 11.9. The van der Waals surface area contributed by atoms with E-state index in [1.165, 1.54) is 67.0 Å². The molecule has 8 aromatic rings. The third-order valence-corrected chi connectivity index (χ3v) is 11.9. The van der Waals surface area contributed by atoms with Gasteiger partial charge in [-0.15, -0.1) is 0 Å². The molecule has 0 aliphatic carbocycles. The lowest BCUT2D eigenvalue weighted by Crippen LogP contribution is -2.13. The fourth-order valence-corrected chi connectivity index (χ4v) is 8.08. The molecule has 0 aromatic heterocycles. The predicted octanol–water partition coefficient (Wildman–Crippen LogP) is 17.3. The van der Waals surface area contributed by atoms with Crippen LogP contribution in [0.25, 0.3) is 34.4 Å². The highest BCUT2D eigenvalue weighted by atomic mass is 15.1. The second-order valence-corrected chi connectivity index (χ2v) is 18.5. The molecular weight excluding hydrogens is 749 g/mol. The zero-order chi connectivity index (χ0) is 43.4. The van der Waals surface area contributed by atoms with Gasteiger partial charge in [-0.05, 0) is 141 Å². The van der Waals surface area contributed by atoms with Crippen molar-refractivity contribution >= 4 is 46.3 Å². The summed E-state index contributed by atoms with van der Waals surface area (Å²) < 4.78 is 0. The molecule has 2 heteroatoms. The van der Waals surface area contributed by atoms with Crippen molar-refractivity contribution in [1.29, 1.82) is 0 Å². The van der Waals surface area contributed by atoms with Crippen LogP contribution in [0.5, 0.6) is 0 Å². The summed E-state index contributed by atoms with van der Waals surface area (Å²) in [6, 6.07) is 70.8. The van der Waals surface area contributed by atoms with Gasteiger partial charge in [0.2, 0.25) is 0 Å². The highest BCUT2D eigenvalue weighted by Gasteiger charge is 2.19. The van der Waals surface area contributed by atoms with Gasteiger partial charge in [-0.2, -0.15) is 0 Å². The van der Waals surface area contributed by atoms with Crippen LogP contribution in [0.1, 0.15) is 74.9 Å². The molecular formula is C60H58N2. The van der Waals surface area contributed by atoms with E-state index in [0.29, 0.717) is 0 Å². The van der Waals surface area contributed by atoms with E-state index in [0.717, 1.165) is 22.7 Å². The highest BCUT2D eigenvalue weighted by molar-refractivity contribution is 5.82. The molecule has 0 amide bonds. The van der Waals surface area contributed by atoms with Crippen LogP contribution >= 0.6 is 0 Å². The summed E-state index contributed by atoms with van der Waals surface area (Å²) in [5.41, 5.74) is 19.4. The minimum absolute atomic E-state index is 0.104. The number of nitrogens with zero attached hydrogens (tertiary/aromatic N) is 2. The monoisotopic (exact) mass is 806 g/mol. The number of hydrogen-bond acceptors (Lipinski definition) is 2. The minimum atomic E-state index is 0.104. The van der Waals surface area contributed by atoms with Gasteiger partial charge >= 0.3 is 0 Å². The number of rotatable bonds is 10. The standard InChI is InChI=1S/C60H58N2/c1-43-13-9-11-15-57(43)61(55-39-31-51(32-40-55)59(3,4)5)53-35-27-49(28-36-53)47-23-19-45(20-24-47)17-18-46-21-25-48(26-22-46)50-29-37-54(38-30-50)62(58-16-12-10-14-44(58)2)56-41-33-52(34-42-56)60(6,7)8/h9-42H,1-8H3/b18-17+. The Morgan fingerprint density at radius 1 is 0.306 bits per heavy atom. The molecule has 0 N–H and O–H groups in total. The zero-order valence-corrected chi connectivity index (χ0v) is 37.5. The van der Waals surface area contributed by atoms with Crippen molar-refractivity contribution in [2.45, 2.75) is 66.2 Å². The van der Waals surface area contributed by atoms with Gasteiger partial charge < -0.3 is 9.80 Å². The lowest BCUT2D eigenvalue weighted by Gasteiger charge is -2.28. The van der Waals surface area contributed by atoms with Crippen molar-refractivity contribution in [2.75, 3.05) is 9.80 Å². The molecule has 0 bridgehead atoms. The van der Waals surface area contributed by atoms with Crippen LogP contribution in [0.2, 0.25) is 0 Å². The minimum Gasteiger partial charge on any atom is -0.310 e. The molecule has 2 nitrogen and oxygen atoms in total. The molecule has 0 fully saturated rings. The molecule has 0 atom stereocenters. The van der Waals surface area contributed by atoms with Crippen LogP contribution < -0.4 is 9.80 Å². The number of aryl methyl sites for hydroxylation is 2. The number of para-hydroxylation sites is 2. The van der Waals surface area contributed by atoms with Crippen molar-refractivity contribution in [2.24, 2.45) is 0 Å². The fraction of sp³-hybridized carbons (Fsp3) is 0.167. The van der Waals surface area contributed by atoms with Gasteiger partial charge in [0.1, 0.15) is 0 Å². The molecule has 0 radical (unpaired) electrons. The van der Waals surface area contributed by atoms with E-state index < -0.39 is 0 Å². The largest absolute Gasteiger partial charge is 0.310 e. The lowest BCUT2D eigenvalue weighted by molar-refractivity contribution is 0.590. The second-order valence-electron chi connectivity index (χ2n) is 18.5. The Morgan fingerprint density at radius 2 is 0.565 bits per heavy atom. The van der Waals surface area contributed by atoms with Gasteiger partial charge in [0.05, 0.1) is 0 Å². The van der Waals surface area contributed by atoms with E-state index in [1.807, 2.05) is 0 Å². The fourth-order valence-electron chi connectivity index (χ4n) is 8.08. The maximum atomic E-state index is 2.36. The van der Waals surface area contributed by atoms with Crippen molar-refractivity contribution < 1.29 is 0 Å². The van der Waals surface area contributed by atoms with E-state index in [2.05, 4.69) is 271 Å². The van der Waals surface area contributed by atoms with E-state index in [1.54, 1.807) is 0 Å². The molecule has 0 aliphatic heterocycles. The van der Waals surface area contributed by atoms with Gasteiger partial charge in [-0.3, -0.25) is 0 Å². The van der Waals surface area contributed by atoms with Crippen LogP contribution in [-0.4, -0.2) is 0 Å². The van der Waals surface area contributed by atoms with E-state index in [-0.39, 0.29) is 10.8 Å². The van der Waals surface area contributed by atoms with Gasteiger partial charge in [-0.25, -0.2) is 0 Å². The summed E-state index contributed by atoms with van der Waals surface area (Å²) in [7, 11) is 0. The molecule has 0 saturated heterocycles. The van der Waals surface area contributed by atoms with Crippen LogP contribution in [0, 0.1) is 13.8 Å². The maximum Gasteiger partial charge on any atom is 0.0490 e. The maximum absolute atomic E-state index is 2.36. The first kappa shape index (κ1) is 41.8. The van der Waals surface area contributed by atoms with Gasteiger partial charge in [0, 0.05) is 34.1 Å². The molecule has 8 aromatic carbocycles. The second kappa shape index (κ2) is 17.6. The van der Waals surface area contributed by atoms with Crippen LogP contribution in [0.15, 0.2) is 194 Å². The molecule has 0 unspecified atom stereocenters. The number of hydrogen-bond donors (Lipinski definition) is 0. The molecule has 8 rings (SSSR count). The first-order valence-corrected chi connectivity index (χ1v) is 21.8. The quantitative estimate of drug-likeness (QED) is 0.127. The Bertz CT molecular complexity index is 2560. The van der Waals surface area contributed by atoms with Gasteiger partial charge in [-0.1, -0.05) is 187 Å². The van der Waals surface area contributed by atoms with E-state index >= 15 is 0 Å². The summed E-state index contributed by atoms with van der Waals surface area (Å²) in [6.45, 7) is 17.9. The van der Waals surface area contributed by atoms with E-state index in [4.69, 9.17) is 0 Å². The van der Waals surface area contributed by atoms with Crippen molar-refractivity contribution in [3.8, 4) is 22.3 Å². The predicted molar refractivity (Wildman–Crippen MR) is 269 cm³/mol. The highest BCUT2D eigenvalue weighted by Crippen LogP contribution is 2.40. The average Bonchev–Trinajstić information content (AvgIpc) is 3.28. The molecule has 0 saturated carbocycles. The Kier molecular flexibility index (Phi) is 11.9. The molecule has 308 valence electrons. The van der Waals surface area contributed by atoms with E-state index in [9.17, 15) is 0 Å². The Morgan fingerprint density at radius 3 is 0.839 bits per heavy atom. The SMILES string of the molecule is Cc1ccccc1N(c1ccc(-c2ccc(/C=C/c3ccc(-c4ccc(N(c5ccc(C(C)(C)C)cc5)c5ccccc5C)cc4)cc3)cc2)cc1)c1ccc(C(C)(C)C)cc1.